The van der Waals surface area contributed by atoms with Crippen LogP contribution in [0.2, 0.25) is 0 Å². The van der Waals surface area contributed by atoms with Gasteiger partial charge in [0.25, 0.3) is 0 Å². The molecule has 3 nitrogen and oxygen atoms in total. The average molecular weight is 249 g/mol. The van der Waals surface area contributed by atoms with Gasteiger partial charge < -0.3 is 10.1 Å². The minimum absolute atomic E-state index is 0.134. The molecule has 19 heavy (non-hydrogen) atoms. The van der Waals surface area contributed by atoms with Gasteiger partial charge in [-0.15, -0.1) is 0 Å². The Labute approximate surface area is 109 Å². The minimum Gasteiger partial charge on any atom is -0.481 e. The van der Waals surface area contributed by atoms with E-state index in [9.17, 15) is 4.79 Å². The number of aromatic nitrogens is 1. The van der Waals surface area contributed by atoms with E-state index >= 15 is 0 Å². The predicted octanol–water partition coefficient (Wildman–Crippen LogP) is 3.15. The number of H-pyrrole nitrogens is 1. The Morgan fingerprint density at radius 1 is 1.11 bits per heavy atom. The highest BCUT2D eigenvalue weighted by atomic mass is 16.4. The largest absolute Gasteiger partial charge is 0.481 e. The first kappa shape index (κ1) is 11.4. The third kappa shape index (κ3) is 2.16. The second-order valence-corrected chi connectivity index (χ2v) is 4.30. The van der Waals surface area contributed by atoms with Crippen molar-refractivity contribution in [1.29, 1.82) is 0 Å². The maximum absolute atomic E-state index is 10.4. The molecule has 2 aromatic carbocycles. The van der Waals surface area contributed by atoms with Gasteiger partial charge in [-0.2, -0.15) is 0 Å². The highest BCUT2D eigenvalue weighted by Crippen LogP contribution is 2.25. The Hall–Kier alpha value is -2.73. The van der Waals surface area contributed by atoms with Gasteiger partial charge in [-0.05, 0) is 18.2 Å². The summed E-state index contributed by atoms with van der Waals surface area (Å²) in [6.45, 7) is 0. The molecule has 3 heteroatoms. The number of fused-ring (bicyclic) bond motifs is 3. The first-order chi connectivity index (χ1) is 9.24. The highest BCUT2D eigenvalue weighted by Gasteiger charge is 2.03. The van der Waals surface area contributed by atoms with E-state index < -0.39 is 5.97 Å². The first-order valence-electron chi connectivity index (χ1n) is 5.95. The fourth-order valence-corrected chi connectivity index (χ4v) is 2.15. The molecular weight excluding hydrogens is 238 g/mol. The van der Waals surface area contributed by atoms with Gasteiger partial charge in [0.1, 0.15) is 6.42 Å². The van der Waals surface area contributed by atoms with Crippen LogP contribution in [-0.4, -0.2) is 16.1 Å². The molecule has 3 aromatic rings. The number of hydrogen-bond acceptors (Lipinski definition) is 1. The molecular formula is C16H11NO2. The number of aromatic amines is 1. The van der Waals surface area contributed by atoms with Gasteiger partial charge in [-0.1, -0.05) is 36.1 Å². The van der Waals surface area contributed by atoms with Crippen LogP contribution < -0.4 is 0 Å². The van der Waals surface area contributed by atoms with E-state index in [4.69, 9.17) is 5.11 Å². The molecule has 0 aliphatic rings. The Bertz CT molecular complexity index is 834. The normalized spacial score (nSPS) is 10.3. The van der Waals surface area contributed by atoms with Crippen molar-refractivity contribution in [3.63, 3.8) is 0 Å². The van der Waals surface area contributed by atoms with Gasteiger partial charge in [-0.3, -0.25) is 4.79 Å². The van der Waals surface area contributed by atoms with E-state index in [1.165, 1.54) is 5.39 Å². The number of carbonyl (C=O) groups is 1. The van der Waals surface area contributed by atoms with Gasteiger partial charge in [-0.25, -0.2) is 0 Å². The van der Waals surface area contributed by atoms with Crippen LogP contribution in [0.25, 0.3) is 21.8 Å². The molecule has 2 N–H and O–H groups in total. The van der Waals surface area contributed by atoms with Crippen LogP contribution in [0.1, 0.15) is 12.0 Å². The molecule has 0 amide bonds. The lowest BCUT2D eigenvalue weighted by Crippen LogP contribution is -1.90. The van der Waals surface area contributed by atoms with Gasteiger partial charge in [0.05, 0.1) is 0 Å². The first-order valence-corrected chi connectivity index (χ1v) is 5.95. The lowest BCUT2D eigenvalue weighted by molar-refractivity contribution is -0.135. The molecule has 0 spiro atoms. The summed E-state index contributed by atoms with van der Waals surface area (Å²) in [7, 11) is 0. The van der Waals surface area contributed by atoms with Crippen LogP contribution in [0, 0.1) is 11.8 Å². The molecule has 0 radical (unpaired) electrons. The number of carboxylic acid groups (broad SMARTS) is 1. The Kier molecular flexibility index (Phi) is 2.70. The van der Waals surface area contributed by atoms with E-state index in [-0.39, 0.29) is 6.42 Å². The summed E-state index contributed by atoms with van der Waals surface area (Å²) in [5.74, 6) is 4.59. The van der Waals surface area contributed by atoms with Crippen molar-refractivity contribution in [3.05, 3.63) is 48.0 Å². The Morgan fingerprint density at radius 3 is 2.74 bits per heavy atom. The molecule has 1 aromatic heterocycles. The summed E-state index contributed by atoms with van der Waals surface area (Å²) in [5, 5.41) is 10.9. The third-order valence-electron chi connectivity index (χ3n) is 2.98. The molecule has 0 saturated heterocycles. The summed E-state index contributed by atoms with van der Waals surface area (Å²) >= 11 is 0. The number of aliphatic carboxylic acids is 1. The molecule has 0 bridgehead atoms. The molecule has 1 heterocycles. The molecule has 0 saturated carbocycles. The maximum atomic E-state index is 10.4. The monoisotopic (exact) mass is 249 g/mol. The number of rotatable bonds is 1. The molecule has 0 unspecified atom stereocenters. The SMILES string of the molecule is O=C(O)CC#Cc1ccc2c(c1)[nH]c1ccccc12. The molecule has 92 valence electrons. The van der Waals surface area contributed by atoms with Crippen LogP contribution in [0.3, 0.4) is 0 Å². The van der Waals surface area contributed by atoms with Crippen molar-refractivity contribution >= 4 is 27.8 Å². The predicted molar refractivity (Wildman–Crippen MR) is 74.9 cm³/mol. The average Bonchev–Trinajstić information content (AvgIpc) is 2.76. The second-order valence-electron chi connectivity index (χ2n) is 4.30. The van der Waals surface area contributed by atoms with E-state index in [2.05, 4.69) is 22.9 Å². The summed E-state index contributed by atoms with van der Waals surface area (Å²) in [5.41, 5.74) is 2.93. The number of nitrogens with one attached hydrogen (secondary N) is 1. The second kappa shape index (κ2) is 4.51. The zero-order chi connectivity index (χ0) is 13.2. The molecule has 0 aliphatic heterocycles. The number of benzene rings is 2. The van der Waals surface area contributed by atoms with Gasteiger partial charge in [0.15, 0.2) is 0 Å². The van der Waals surface area contributed by atoms with Crippen LogP contribution in [0.4, 0.5) is 0 Å². The van der Waals surface area contributed by atoms with E-state index in [1.54, 1.807) is 0 Å². The van der Waals surface area contributed by atoms with Crippen LogP contribution in [-0.2, 0) is 4.79 Å². The minimum atomic E-state index is -0.904. The zero-order valence-corrected chi connectivity index (χ0v) is 10.1. The van der Waals surface area contributed by atoms with Gasteiger partial charge in [0, 0.05) is 27.4 Å². The molecule has 3 rings (SSSR count). The van der Waals surface area contributed by atoms with E-state index in [0.717, 1.165) is 22.0 Å². The lowest BCUT2D eigenvalue weighted by Gasteiger charge is -1.92. The van der Waals surface area contributed by atoms with Crippen LogP contribution in [0.5, 0.6) is 0 Å². The number of carboxylic acids is 1. The van der Waals surface area contributed by atoms with Crippen molar-refractivity contribution < 1.29 is 9.90 Å². The third-order valence-corrected chi connectivity index (χ3v) is 2.98. The molecule has 0 fully saturated rings. The summed E-state index contributed by atoms with van der Waals surface area (Å²) in [6, 6.07) is 14.0. The van der Waals surface area contributed by atoms with Crippen molar-refractivity contribution in [3.8, 4) is 11.8 Å². The lowest BCUT2D eigenvalue weighted by atomic mass is 10.1. The Balaban J connectivity index is 2.07. The van der Waals surface area contributed by atoms with E-state index in [0.29, 0.717) is 0 Å². The van der Waals surface area contributed by atoms with Crippen molar-refractivity contribution in [1.82, 2.24) is 4.98 Å². The number of para-hydroxylation sites is 1. The van der Waals surface area contributed by atoms with Gasteiger partial charge in [0.2, 0.25) is 0 Å². The number of hydrogen-bond donors (Lipinski definition) is 2. The highest BCUT2D eigenvalue weighted by molar-refractivity contribution is 6.07. The quantitative estimate of drug-likeness (QED) is 0.651. The topological polar surface area (TPSA) is 53.1 Å². The summed E-state index contributed by atoms with van der Waals surface area (Å²) in [4.78, 5) is 13.7. The molecule has 0 aliphatic carbocycles. The van der Waals surface area contributed by atoms with Crippen LogP contribution in [0.15, 0.2) is 42.5 Å². The van der Waals surface area contributed by atoms with Crippen LogP contribution >= 0.6 is 0 Å². The smallest absolute Gasteiger partial charge is 0.315 e. The van der Waals surface area contributed by atoms with E-state index in [1.807, 2.05) is 36.4 Å². The zero-order valence-electron chi connectivity index (χ0n) is 10.1. The summed E-state index contributed by atoms with van der Waals surface area (Å²) < 4.78 is 0. The summed E-state index contributed by atoms with van der Waals surface area (Å²) in [6.07, 6.45) is -0.134. The maximum Gasteiger partial charge on any atom is 0.315 e. The fraction of sp³-hybridized carbons (Fsp3) is 0.0625. The van der Waals surface area contributed by atoms with Gasteiger partial charge >= 0.3 is 5.97 Å². The van der Waals surface area contributed by atoms with Crippen molar-refractivity contribution in [2.24, 2.45) is 0 Å². The molecule has 0 atom stereocenters. The fourth-order valence-electron chi connectivity index (χ4n) is 2.15. The van der Waals surface area contributed by atoms with Crippen molar-refractivity contribution in [2.75, 3.05) is 0 Å². The standard InChI is InChI=1S/C16H11NO2/c18-16(19)7-3-4-11-8-9-13-12-5-1-2-6-14(12)17-15(13)10-11/h1-2,5-6,8-10,17H,7H2,(H,18,19). The van der Waals surface area contributed by atoms with Crippen molar-refractivity contribution in [2.45, 2.75) is 6.42 Å². The Morgan fingerprint density at radius 2 is 1.89 bits per heavy atom.